The minimum Gasteiger partial charge on any atom is -0.185 e. The molecule has 0 radical (unpaired) electrons. The molecular weight excluding hydrogens is 302 g/mol. The molecule has 0 fully saturated rings. The van der Waals surface area contributed by atoms with E-state index in [0.29, 0.717) is 5.08 Å². The Kier molecular flexibility index (Phi) is 5.38. The summed E-state index contributed by atoms with van der Waals surface area (Å²) in [5.41, 5.74) is 1.99. The lowest BCUT2D eigenvalue weighted by atomic mass is 10.2. The van der Waals surface area contributed by atoms with E-state index in [9.17, 15) is 0 Å². The molecule has 1 heterocycles. The van der Waals surface area contributed by atoms with Crippen LogP contribution in [0, 0.1) is 10.7 Å². The average molecular weight is 311 g/mol. The molecule has 0 aliphatic carbocycles. The molecule has 0 saturated heterocycles. The number of hydrogen-bond donors (Lipinski definition) is 0. The molecule has 0 aliphatic heterocycles. The van der Waals surface area contributed by atoms with Crippen LogP contribution in [0.1, 0.15) is 0 Å². The smallest absolute Gasteiger partial charge is 0.139 e. The average Bonchev–Trinajstić information content (AvgIpc) is 2.88. The zero-order valence-corrected chi connectivity index (χ0v) is 12.8. The standard InChI is InChI=1S/C11H9N3S4/c1-15-9-4-2-8(3-5-9)10-11(14-18-13-10)17-7-16-6-12/h2-5H,7H2,1H3. The normalized spacial score (nSPS) is 10.2. The van der Waals surface area contributed by atoms with Gasteiger partial charge in [0.1, 0.15) is 16.1 Å². The van der Waals surface area contributed by atoms with Gasteiger partial charge in [-0.05, 0) is 30.2 Å². The Balaban J connectivity index is 2.17. The second-order valence-electron chi connectivity index (χ2n) is 3.14. The van der Waals surface area contributed by atoms with Gasteiger partial charge in [-0.15, -0.1) is 11.8 Å². The monoisotopic (exact) mass is 311 g/mol. The molecular formula is C11H9N3S4. The fraction of sp³-hybridized carbons (Fsp3) is 0.182. The van der Waals surface area contributed by atoms with Gasteiger partial charge in [0.25, 0.3) is 0 Å². The fourth-order valence-electron chi connectivity index (χ4n) is 1.31. The third kappa shape index (κ3) is 3.42. The Morgan fingerprint density at radius 3 is 2.72 bits per heavy atom. The minimum atomic E-state index is 0.678. The number of nitriles is 1. The summed E-state index contributed by atoms with van der Waals surface area (Å²) in [5.74, 6) is 0. The molecule has 2 rings (SSSR count). The molecule has 3 nitrogen and oxygen atoms in total. The first kappa shape index (κ1) is 13.7. The molecule has 0 unspecified atom stereocenters. The molecule has 0 N–H and O–H groups in total. The summed E-state index contributed by atoms with van der Waals surface area (Å²) in [6.45, 7) is 0. The highest BCUT2D eigenvalue weighted by Crippen LogP contribution is 2.32. The van der Waals surface area contributed by atoms with Crippen molar-refractivity contribution >= 4 is 47.0 Å². The van der Waals surface area contributed by atoms with Gasteiger partial charge in [0.05, 0.1) is 16.8 Å². The van der Waals surface area contributed by atoms with Crippen LogP contribution < -0.4 is 0 Å². The number of benzene rings is 1. The van der Waals surface area contributed by atoms with Gasteiger partial charge < -0.3 is 0 Å². The third-order valence-electron chi connectivity index (χ3n) is 2.14. The van der Waals surface area contributed by atoms with E-state index < -0.39 is 0 Å². The van der Waals surface area contributed by atoms with Gasteiger partial charge in [-0.25, -0.2) is 0 Å². The minimum absolute atomic E-state index is 0.678. The van der Waals surface area contributed by atoms with E-state index >= 15 is 0 Å². The quantitative estimate of drug-likeness (QED) is 0.357. The predicted molar refractivity (Wildman–Crippen MR) is 81.1 cm³/mol. The zero-order valence-electron chi connectivity index (χ0n) is 9.49. The summed E-state index contributed by atoms with van der Waals surface area (Å²) >= 11 is 5.70. The van der Waals surface area contributed by atoms with Crippen molar-refractivity contribution < 1.29 is 0 Å². The Morgan fingerprint density at radius 1 is 1.28 bits per heavy atom. The van der Waals surface area contributed by atoms with E-state index in [0.717, 1.165) is 16.3 Å². The summed E-state index contributed by atoms with van der Waals surface area (Å²) < 4.78 is 8.60. The van der Waals surface area contributed by atoms with E-state index in [1.54, 1.807) is 23.5 Å². The van der Waals surface area contributed by atoms with Crippen molar-refractivity contribution in [1.82, 2.24) is 8.75 Å². The summed E-state index contributed by atoms with van der Waals surface area (Å²) in [4.78, 5) is 1.23. The van der Waals surface area contributed by atoms with E-state index in [4.69, 9.17) is 5.26 Å². The first-order chi connectivity index (χ1) is 8.85. The second-order valence-corrected chi connectivity index (χ2v) is 6.64. The van der Waals surface area contributed by atoms with Crippen molar-refractivity contribution in [2.24, 2.45) is 0 Å². The molecule has 1 aromatic carbocycles. The summed E-state index contributed by atoms with van der Waals surface area (Å²) in [6.07, 6.45) is 2.06. The van der Waals surface area contributed by atoms with E-state index in [-0.39, 0.29) is 0 Å². The van der Waals surface area contributed by atoms with Crippen molar-refractivity contribution in [1.29, 1.82) is 5.26 Å². The van der Waals surface area contributed by atoms with Crippen molar-refractivity contribution in [3.63, 3.8) is 0 Å². The number of nitrogens with zero attached hydrogens (tertiary/aromatic N) is 3. The van der Waals surface area contributed by atoms with Crippen molar-refractivity contribution in [3.05, 3.63) is 24.3 Å². The number of hydrogen-bond acceptors (Lipinski definition) is 7. The lowest BCUT2D eigenvalue weighted by Crippen LogP contribution is -1.82. The molecule has 0 amide bonds. The van der Waals surface area contributed by atoms with Gasteiger partial charge in [0.15, 0.2) is 0 Å². The number of thioether (sulfide) groups is 3. The van der Waals surface area contributed by atoms with Crippen LogP contribution in [0.4, 0.5) is 0 Å². The van der Waals surface area contributed by atoms with E-state index in [2.05, 4.69) is 44.7 Å². The zero-order chi connectivity index (χ0) is 12.8. The lowest BCUT2D eigenvalue weighted by molar-refractivity contribution is 1.26. The van der Waals surface area contributed by atoms with Gasteiger partial charge in [0.2, 0.25) is 0 Å². The maximum Gasteiger partial charge on any atom is 0.139 e. The van der Waals surface area contributed by atoms with Crippen LogP contribution in [0.3, 0.4) is 0 Å². The molecule has 18 heavy (non-hydrogen) atoms. The van der Waals surface area contributed by atoms with Crippen molar-refractivity contribution in [3.8, 4) is 16.7 Å². The van der Waals surface area contributed by atoms with Crippen LogP contribution in [0.2, 0.25) is 0 Å². The van der Waals surface area contributed by atoms with Crippen LogP contribution in [0.25, 0.3) is 11.3 Å². The molecule has 0 saturated carbocycles. The van der Waals surface area contributed by atoms with Gasteiger partial charge >= 0.3 is 0 Å². The van der Waals surface area contributed by atoms with Crippen LogP contribution >= 0.6 is 47.0 Å². The lowest BCUT2D eigenvalue weighted by Gasteiger charge is -2.01. The highest BCUT2D eigenvalue weighted by Gasteiger charge is 2.10. The number of thiocyanates is 1. The summed E-state index contributed by atoms with van der Waals surface area (Å²) in [6, 6.07) is 8.28. The molecule has 2 aromatic rings. The molecule has 7 heteroatoms. The van der Waals surface area contributed by atoms with Crippen LogP contribution in [0.15, 0.2) is 34.2 Å². The molecule has 0 aliphatic rings. The maximum atomic E-state index is 8.50. The molecule has 92 valence electrons. The molecule has 0 bridgehead atoms. The summed E-state index contributed by atoms with van der Waals surface area (Å²) in [5, 5.41) is 12.1. The topological polar surface area (TPSA) is 49.6 Å². The second kappa shape index (κ2) is 7.04. The third-order valence-corrected chi connectivity index (χ3v) is 5.16. The summed E-state index contributed by atoms with van der Waals surface area (Å²) in [7, 11) is 0. The van der Waals surface area contributed by atoms with Crippen LogP contribution in [-0.4, -0.2) is 20.1 Å². The first-order valence-corrected chi connectivity index (χ1v) is 8.88. The highest BCUT2D eigenvalue weighted by atomic mass is 32.2. The van der Waals surface area contributed by atoms with E-state index in [1.165, 1.54) is 28.4 Å². The van der Waals surface area contributed by atoms with Crippen LogP contribution in [0.5, 0.6) is 0 Å². The largest absolute Gasteiger partial charge is 0.185 e. The number of aromatic nitrogens is 2. The Morgan fingerprint density at radius 2 is 2.06 bits per heavy atom. The predicted octanol–water partition coefficient (Wildman–Crippen LogP) is 4.19. The van der Waals surface area contributed by atoms with Crippen molar-refractivity contribution in [2.75, 3.05) is 11.3 Å². The highest BCUT2D eigenvalue weighted by molar-refractivity contribution is 8.18. The Bertz CT molecular complexity index is 544. The maximum absolute atomic E-state index is 8.50. The molecule has 1 aromatic heterocycles. The van der Waals surface area contributed by atoms with Gasteiger partial charge in [-0.1, -0.05) is 23.9 Å². The Labute approximate surface area is 123 Å². The molecule has 0 atom stereocenters. The SMILES string of the molecule is CSc1ccc(-c2nsnc2SCSC#N)cc1. The Hall–Kier alpha value is -0.680. The van der Waals surface area contributed by atoms with Gasteiger partial charge in [0, 0.05) is 10.5 Å². The van der Waals surface area contributed by atoms with Gasteiger partial charge in [-0.3, -0.25) is 0 Å². The first-order valence-electron chi connectivity index (χ1n) is 4.96. The number of rotatable bonds is 5. The van der Waals surface area contributed by atoms with Gasteiger partial charge in [-0.2, -0.15) is 14.0 Å². The molecule has 0 spiro atoms. The van der Waals surface area contributed by atoms with Crippen molar-refractivity contribution in [2.45, 2.75) is 9.92 Å². The van der Waals surface area contributed by atoms with E-state index in [1.807, 2.05) is 0 Å². The van der Waals surface area contributed by atoms with Crippen LogP contribution in [-0.2, 0) is 0 Å². The fourth-order valence-corrected chi connectivity index (χ4v) is 3.76.